The van der Waals surface area contributed by atoms with Gasteiger partial charge in [-0.25, -0.2) is 0 Å². The van der Waals surface area contributed by atoms with Gasteiger partial charge in [-0.1, -0.05) is 23.4 Å². The second kappa shape index (κ2) is 8.31. The summed E-state index contributed by atoms with van der Waals surface area (Å²) in [6.07, 6.45) is 1.09. The molecule has 2 heterocycles. The maximum Gasteiger partial charge on any atom is 0.231 e. The predicted octanol–water partition coefficient (Wildman–Crippen LogP) is 2.21. The molecule has 1 aromatic carbocycles. The average molecular weight is 359 g/mol. The number of hydrogen-bond acceptors (Lipinski definition) is 6. The summed E-state index contributed by atoms with van der Waals surface area (Å²) in [7, 11) is 3.32. The molecule has 1 aliphatic heterocycles. The zero-order valence-corrected chi connectivity index (χ0v) is 15.5. The molecule has 3 rings (SSSR count). The van der Waals surface area contributed by atoms with Gasteiger partial charge in [-0.15, -0.1) is 0 Å². The van der Waals surface area contributed by atoms with Crippen LogP contribution in [-0.4, -0.2) is 54.9 Å². The molecule has 1 fully saturated rings. The van der Waals surface area contributed by atoms with Gasteiger partial charge in [0.25, 0.3) is 0 Å². The maximum atomic E-state index is 12.7. The van der Waals surface area contributed by atoms with Crippen molar-refractivity contribution in [1.29, 1.82) is 0 Å². The standard InChI is InChI=1S/C19H25N3O4/c1-13-20-19(26-21-13)16-11-22(10-15(16)12-24-2)18(23)9-8-14-6-4-5-7-17(14)25-3/h4-7,15-16H,8-12H2,1-3H3. The fraction of sp³-hybridized carbons (Fsp3) is 0.526. The predicted molar refractivity (Wildman–Crippen MR) is 95.0 cm³/mol. The number of amides is 1. The molecular weight excluding hydrogens is 334 g/mol. The first-order chi connectivity index (χ1) is 12.6. The van der Waals surface area contributed by atoms with Gasteiger partial charge in [-0.3, -0.25) is 4.79 Å². The SMILES string of the molecule is COCC1CN(C(=O)CCc2ccccc2OC)CC1c1nc(C)no1. The molecule has 0 radical (unpaired) electrons. The third kappa shape index (κ3) is 4.04. The van der Waals surface area contributed by atoms with E-state index in [0.29, 0.717) is 44.3 Å². The van der Waals surface area contributed by atoms with Gasteiger partial charge in [-0.2, -0.15) is 4.98 Å². The minimum absolute atomic E-state index is 0.0198. The molecule has 0 N–H and O–H groups in total. The van der Waals surface area contributed by atoms with Gasteiger partial charge < -0.3 is 18.9 Å². The van der Waals surface area contributed by atoms with E-state index in [1.807, 2.05) is 29.2 Å². The van der Waals surface area contributed by atoms with Crippen LogP contribution in [-0.2, 0) is 16.0 Å². The van der Waals surface area contributed by atoms with Gasteiger partial charge in [0.15, 0.2) is 5.82 Å². The van der Waals surface area contributed by atoms with E-state index in [0.717, 1.165) is 11.3 Å². The Labute approximate surface area is 153 Å². The number of methoxy groups -OCH3 is 2. The van der Waals surface area contributed by atoms with Crippen molar-refractivity contribution in [3.8, 4) is 5.75 Å². The number of carbonyl (C=O) groups is 1. The van der Waals surface area contributed by atoms with E-state index >= 15 is 0 Å². The lowest BCUT2D eigenvalue weighted by Gasteiger charge is -2.16. The second-order valence-corrected chi connectivity index (χ2v) is 6.61. The highest BCUT2D eigenvalue weighted by molar-refractivity contribution is 5.77. The lowest BCUT2D eigenvalue weighted by molar-refractivity contribution is -0.130. The van der Waals surface area contributed by atoms with Crippen LogP contribution < -0.4 is 4.74 Å². The van der Waals surface area contributed by atoms with Crippen LogP contribution in [0.1, 0.15) is 29.6 Å². The van der Waals surface area contributed by atoms with Crippen LogP contribution in [0.15, 0.2) is 28.8 Å². The summed E-state index contributed by atoms with van der Waals surface area (Å²) in [6, 6.07) is 7.80. The van der Waals surface area contributed by atoms with Gasteiger partial charge in [0.1, 0.15) is 5.75 Å². The van der Waals surface area contributed by atoms with E-state index in [1.165, 1.54) is 0 Å². The highest BCUT2D eigenvalue weighted by Crippen LogP contribution is 2.32. The van der Waals surface area contributed by atoms with Crippen molar-refractivity contribution >= 4 is 5.91 Å². The van der Waals surface area contributed by atoms with Crippen molar-refractivity contribution < 1.29 is 18.8 Å². The van der Waals surface area contributed by atoms with Gasteiger partial charge in [0.05, 0.1) is 19.6 Å². The Morgan fingerprint density at radius 1 is 1.31 bits per heavy atom. The number of nitrogens with zero attached hydrogens (tertiary/aromatic N) is 3. The summed E-state index contributed by atoms with van der Waals surface area (Å²) in [4.78, 5) is 19.0. The molecule has 1 aliphatic rings. The highest BCUT2D eigenvalue weighted by atomic mass is 16.5. The van der Waals surface area contributed by atoms with Crippen molar-refractivity contribution in [2.24, 2.45) is 5.92 Å². The Balaban J connectivity index is 1.64. The fourth-order valence-electron chi connectivity index (χ4n) is 3.51. The third-order valence-electron chi connectivity index (χ3n) is 4.84. The summed E-state index contributed by atoms with van der Waals surface area (Å²) in [5.74, 6) is 2.32. The van der Waals surface area contributed by atoms with Gasteiger partial charge in [0.2, 0.25) is 11.8 Å². The zero-order valence-electron chi connectivity index (χ0n) is 15.5. The lowest BCUT2D eigenvalue weighted by Crippen LogP contribution is -2.29. The molecular formula is C19H25N3O4. The van der Waals surface area contributed by atoms with E-state index in [9.17, 15) is 4.79 Å². The van der Waals surface area contributed by atoms with Crippen molar-refractivity contribution in [2.75, 3.05) is 33.9 Å². The summed E-state index contributed by atoms with van der Waals surface area (Å²) in [5.41, 5.74) is 1.04. The third-order valence-corrected chi connectivity index (χ3v) is 4.84. The molecule has 2 atom stereocenters. The number of likely N-dealkylation sites (tertiary alicyclic amines) is 1. The van der Waals surface area contributed by atoms with Crippen LogP contribution in [0.5, 0.6) is 5.75 Å². The fourth-order valence-corrected chi connectivity index (χ4v) is 3.51. The van der Waals surface area contributed by atoms with Gasteiger partial charge in [0, 0.05) is 32.5 Å². The number of rotatable bonds is 7. The van der Waals surface area contributed by atoms with Crippen molar-refractivity contribution in [2.45, 2.75) is 25.7 Å². The largest absolute Gasteiger partial charge is 0.496 e. The van der Waals surface area contributed by atoms with Crippen LogP contribution in [0, 0.1) is 12.8 Å². The Morgan fingerprint density at radius 3 is 2.81 bits per heavy atom. The van der Waals surface area contributed by atoms with E-state index in [2.05, 4.69) is 10.1 Å². The molecule has 1 saturated heterocycles. The topological polar surface area (TPSA) is 77.7 Å². The summed E-state index contributed by atoms with van der Waals surface area (Å²) < 4.78 is 16.0. The first kappa shape index (κ1) is 18.4. The molecule has 1 amide bonds. The van der Waals surface area contributed by atoms with Crippen LogP contribution >= 0.6 is 0 Å². The molecule has 26 heavy (non-hydrogen) atoms. The number of hydrogen-bond donors (Lipinski definition) is 0. The number of aromatic nitrogens is 2. The zero-order chi connectivity index (χ0) is 18.5. The summed E-state index contributed by atoms with van der Waals surface area (Å²) >= 11 is 0. The minimum atomic E-state index is 0.0198. The number of para-hydroxylation sites is 1. The summed E-state index contributed by atoms with van der Waals surface area (Å²) in [6.45, 7) is 3.58. The van der Waals surface area contributed by atoms with E-state index in [-0.39, 0.29) is 17.7 Å². The molecule has 1 aromatic heterocycles. The van der Waals surface area contributed by atoms with Crippen molar-refractivity contribution in [1.82, 2.24) is 15.0 Å². The van der Waals surface area contributed by atoms with Crippen molar-refractivity contribution in [3.63, 3.8) is 0 Å². The van der Waals surface area contributed by atoms with E-state index in [4.69, 9.17) is 14.0 Å². The Kier molecular flexibility index (Phi) is 5.88. The molecule has 0 saturated carbocycles. The summed E-state index contributed by atoms with van der Waals surface area (Å²) in [5, 5.41) is 3.88. The average Bonchev–Trinajstić information content (AvgIpc) is 3.26. The smallest absolute Gasteiger partial charge is 0.231 e. The molecule has 2 aromatic rings. The number of carbonyl (C=O) groups excluding carboxylic acids is 1. The first-order valence-electron chi connectivity index (χ1n) is 8.81. The number of aryl methyl sites for hydroxylation is 2. The molecule has 7 nitrogen and oxygen atoms in total. The molecule has 140 valence electrons. The van der Waals surface area contributed by atoms with Gasteiger partial charge >= 0.3 is 0 Å². The maximum absolute atomic E-state index is 12.7. The van der Waals surface area contributed by atoms with Crippen LogP contribution in [0.3, 0.4) is 0 Å². The quantitative estimate of drug-likeness (QED) is 0.754. The van der Waals surface area contributed by atoms with E-state index in [1.54, 1.807) is 21.1 Å². The molecule has 0 bridgehead atoms. The van der Waals surface area contributed by atoms with Crippen LogP contribution in [0.25, 0.3) is 0 Å². The Bertz CT molecular complexity index is 746. The normalized spacial score (nSPS) is 19.7. The molecule has 0 spiro atoms. The monoisotopic (exact) mass is 359 g/mol. The van der Waals surface area contributed by atoms with Crippen LogP contribution in [0.4, 0.5) is 0 Å². The minimum Gasteiger partial charge on any atom is -0.496 e. The first-order valence-corrected chi connectivity index (χ1v) is 8.81. The number of ether oxygens (including phenoxy) is 2. The van der Waals surface area contributed by atoms with Gasteiger partial charge in [-0.05, 0) is 25.0 Å². The molecule has 7 heteroatoms. The highest BCUT2D eigenvalue weighted by Gasteiger charge is 2.39. The molecule has 2 unspecified atom stereocenters. The Hall–Kier alpha value is -2.41. The second-order valence-electron chi connectivity index (χ2n) is 6.61. The Morgan fingerprint density at radius 2 is 2.12 bits per heavy atom. The van der Waals surface area contributed by atoms with Crippen molar-refractivity contribution in [3.05, 3.63) is 41.5 Å². The van der Waals surface area contributed by atoms with E-state index < -0.39 is 0 Å². The van der Waals surface area contributed by atoms with Crippen LogP contribution in [0.2, 0.25) is 0 Å². The number of benzene rings is 1. The lowest BCUT2D eigenvalue weighted by atomic mass is 9.97. The molecule has 0 aliphatic carbocycles.